The molecule has 0 heterocycles. The van der Waals surface area contributed by atoms with Crippen LogP contribution in [0.3, 0.4) is 0 Å². The molecule has 0 amide bonds. The quantitative estimate of drug-likeness (QED) is 0.772. The van der Waals surface area contributed by atoms with Crippen molar-refractivity contribution in [3.05, 3.63) is 23.8 Å². The molecule has 1 aromatic rings. The minimum Gasteiger partial charge on any atom is -0.496 e. The van der Waals surface area contributed by atoms with Gasteiger partial charge in [0.15, 0.2) is 0 Å². The minimum absolute atomic E-state index is 0.741. The third-order valence-electron chi connectivity index (χ3n) is 2.84. The van der Waals surface area contributed by atoms with Gasteiger partial charge in [-0.1, -0.05) is 19.9 Å². The third-order valence-corrected chi connectivity index (χ3v) is 2.84. The second-order valence-corrected chi connectivity index (χ2v) is 4.99. The van der Waals surface area contributed by atoms with E-state index >= 15 is 0 Å². The van der Waals surface area contributed by atoms with Crippen molar-refractivity contribution >= 4 is 5.69 Å². The predicted molar refractivity (Wildman–Crippen MR) is 73.2 cm³/mol. The Labute approximate surface area is 105 Å². The summed E-state index contributed by atoms with van der Waals surface area (Å²) in [6.07, 6.45) is 1.22. The second kappa shape index (κ2) is 6.50. The van der Waals surface area contributed by atoms with E-state index in [1.54, 1.807) is 7.11 Å². The summed E-state index contributed by atoms with van der Waals surface area (Å²) in [5, 5.41) is 0. The molecule has 0 spiro atoms. The minimum atomic E-state index is 0.741. The first kappa shape index (κ1) is 13.8. The summed E-state index contributed by atoms with van der Waals surface area (Å²) >= 11 is 0. The highest BCUT2D eigenvalue weighted by molar-refractivity contribution is 5.48. The van der Waals surface area contributed by atoms with Crippen LogP contribution < -0.4 is 10.5 Å². The van der Waals surface area contributed by atoms with Gasteiger partial charge in [0.1, 0.15) is 5.75 Å². The predicted octanol–water partition coefficient (Wildman–Crippen LogP) is 2.76. The van der Waals surface area contributed by atoms with Crippen LogP contribution in [0.4, 0.5) is 5.69 Å². The van der Waals surface area contributed by atoms with Gasteiger partial charge in [-0.3, -0.25) is 0 Å². The van der Waals surface area contributed by atoms with Crippen LogP contribution in [0.2, 0.25) is 0 Å². The van der Waals surface area contributed by atoms with Crippen molar-refractivity contribution in [2.24, 2.45) is 5.92 Å². The van der Waals surface area contributed by atoms with Crippen molar-refractivity contribution in [3.8, 4) is 5.75 Å². The van der Waals surface area contributed by atoms with Crippen LogP contribution in [0.25, 0.3) is 0 Å². The van der Waals surface area contributed by atoms with Crippen LogP contribution in [-0.4, -0.2) is 25.6 Å². The molecule has 0 aromatic heterocycles. The maximum absolute atomic E-state index is 5.74. The Balaban J connectivity index is 2.61. The highest BCUT2D eigenvalue weighted by Crippen LogP contribution is 2.22. The van der Waals surface area contributed by atoms with Crippen molar-refractivity contribution in [3.63, 3.8) is 0 Å². The van der Waals surface area contributed by atoms with Gasteiger partial charge in [-0.15, -0.1) is 0 Å². The molecule has 17 heavy (non-hydrogen) atoms. The summed E-state index contributed by atoms with van der Waals surface area (Å²) in [5.74, 6) is 1.62. The summed E-state index contributed by atoms with van der Waals surface area (Å²) in [7, 11) is 3.82. The molecule has 0 aliphatic rings. The van der Waals surface area contributed by atoms with Crippen LogP contribution >= 0.6 is 0 Å². The third kappa shape index (κ3) is 4.65. The zero-order valence-electron chi connectivity index (χ0n) is 11.4. The molecule has 0 atom stereocenters. The van der Waals surface area contributed by atoms with Gasteiger partial charge in [-0.25, -0.2) is 0 Å². The lowest BCUT2D eigenvalue weighted by molar-refractivity contribution is 0.297. The van der Waals surface area contributed by atoms with E-state index in [0.29, 0.717) is 0 Å². The first-order valence-corrected chi connectivity index (χ1v) is 6.14. The maximum atomic E-state index is 5.74. The summed E-state index contributed by atoms with van der Waals surface area (Å²) in [5.41, 5.74) is 7.67. The SMILES string of the molecule is COc1cc(N)ccc1CN(C)CCC(C)C. The molecule has 0 fully saturated rings. The lowest BCUT2D eigenvalue weighted by atomic mass is 10.1. The van der Waals surface area contributed by atoms with Crippen LogP contribution in [-0.2, 0) is 6.54 Å². The fourth-order valence-electron chi connectivity index (χ4n) is 1.74. The number of hydrogen-bond acceptors (Lipinski definition) is 3. The largest absolute Gasteiger partial charge is 0.496 e. The van der Waals surface area contributed by atoms with Crippen molar-refractivity contribution < 1.29 is 4.74 Å². The summed E-state index contributed by atoms with van der Waals surface area (Å²) in [4.78, 5) is 2.31. The molecule has 0 saturated heterocycles. The van der Waals surface area contributed by atoms with E-state index in [1.807, 2.05) is 18.2 Å². The molecule has 0 unspecified atom stereocenters. The number of ether oxygens (including phenoxy) is 1. The fourth-order valence-corrected chi connectivity index (χ4v) is 1.74. The van der Waals surface area contributed by atoms with E-state index in [1.165, 1.54) is 12.0 Å². The molecule has 3 nitrogen and oxygen atoms in total. The monoisotopic (exact) mass is 236 g/mol. The Morgan fingerprint density at radius 2 is 2.06 bits per heavy atom. The highest BCUT2D eigenvalue weighted by atomic mass is 16.5. The number of nitrogens with two attached hydrogens (primary N) is 1. The average Bonchev–Trinajstić information content (AvgIpc) is 2.28. The van der Waals surface area contributed by atoms with Gasteiger partial charge in [0.2, 0.25) is 0 Å². The van der Waals surface area contributed by atoms with Crippen LogP contribution in [0.15, 0.2) is 18.2 Å². The van der Waals surface area contributed by atoms with Gasteiger partial charge >= 0.3 is 0 Å². The number of benzene rings is 1. The van der Waals surface area contributed by atoms with Crippen molar-refractivity contribution in [1.82, 2.24) is 4.90 Å². The normalized spacial score (nSPS) is 11.2. The summed E-state index contributed by atoms with van der Waals surface area (Å²) in [6.45, 7) is 6.50. The Kier molecular flexibility index (Phi) is 5.29. The summed E-state index contributed by atoms with van der Waals surface area (Å²) in [6, 6.07) is 5.85. The Bertz CT molecular complexity index is 350. The van der Waals surface area contributed by atoms with Gasteiger partial charge in [0.05, 0.1) is 7.11 Å². The lowest BCUT2D eigenvalue weighted by Crippen LogP contribution is -2.20. The van der Waals surface area contributed by atoms with E-state index in [4.69, 9.17) is 10.5 Å². The molecule has 0 bridgehead atoms. The molecular formula is C14H24N2O. The summed E-state index contributed by atoms with van der Waals surface area (Å²) < 4.78 is 5.35. The number of methoxy groups -OCH3 is 1. The van der Waals surface area contributed by atoms with E-state index in [9.17, 15) is 0 Å². The fraction of sp³-hybridized carbons (Fsp3) is 0.571. The molecule has 0 radical (unpaired) electrons. The molecule has 1 rings (SSSR count). The van der Waals surface area contributed by atoms with Gasteiger partial charge in [0.25, 0.3) is 0 Å². The molecular weight excluding hydrogens is 212 g/mol. The van der Waals surface area contributed by atoms with E-state index < -0.39 is 0 Å². The van der Waals surface area contributed by atoms with Crippen LogP contribution in [0, 0.1) is 5.92 Å². The number of hydrogen-bond donors (Lipinski definition) is 1. The molecule has 0 aliphatic heterocycles. The standard InChI is InChI=1S/C14H24N2O/c1-11(2)7-8-16(3)10-12-5-6-13(15)9-14(12)17-4/h5-6,9,11H,7-8,10,15H2,1-4H3. The molecule has 0 saturated carbocycles. The molecule has 2 N–H and O–H groups in total. The molecule has 1 aromatic carbocycles. The maximum Gasteiger partial charge on any atom is 0.125 e. The Morgan fingerprint density at radius 1 is 1.35 bits per heavy atom. The van der Waals surface area contributed by atoms with Gasteiger partial charge in [-0.2, -0.15) is 0 Å². The van der Waals surface area contributed by atoms with Crippen molar-refractivity contribution in [1.29, 1.82) is 0 Å². The molecule has 3 heteroatoms. The molecule has 96 valence electrons. The number of nitrogen functional groups attached to an aromatic ring is 1. The number of nitrogens with zero attached hydrogens (tertiary/aromatic N) is 1. The smallest absolute Gasteiger partial charge is 0.125 e. The van der Waals surface area contributed by atoms with Gasteiger partial charge < -0.3 is 15.4 Å². The van der Waals surface area contributed by atoms with Gasteiger partial charge in [-0.05, 0) is 32.0 Å². The highest BCUT2D eigenvalue weighted by Gasteiger charge is 2.07. The lowest BCUT2D eigenvalue weighted by Gasteiger charge is -2.19. The topological polar surface area (TPSA) is 38.5 Å². The van der Waals surface area contributed by atoms with E-state index in [2.05, 4.69) is 25.8 Å². The molecule has 0 aliphatic carbocycles. The Hall–Kier alpha value is -1.22. The second-order valence-electron chi connectivity index (χ2n) is 4.99. The first-order chi connectivity index (χ1) is 8.02. The van der Waals surface area contributed by atoms with Crippen LogP contribution in [0.5, 0.6) is 5.75 Å². The first-order valence-electron chi connectivity index (χ1n) is 6.14. The zero-order valence-corrected chi connectivity index (χ0v) is 11.4. The van der Waals surface area contributed by atoms with Crippen molar-refractivity contribution in [2.75, 3.05) is 26.4 Å². The number of rotatable bonds is 6. The van der Waals surface area contributed by atoms with Gasteiger partial charge in [0, 0.05) is 23.9 Å². The van der Waals surface area contributed by atoms with E-state index in [0.717, 1.165) is 30.4 Å². The Morgan fingerprint density at radius 3 is 2.65 bits per heavy atom. The zero-order chi connectivity index (χ0) is 12.8. The number of anilines is 1. The van der Waals surface area contributed by atoms with E-state index in [-0.39, 0.29) is 0 Å². The van der Waals surface area contributed by atoms with Crippen LogP contribution in [0.1, 0.15) is 25.8 Å². The average molecular weight is 236 g/mol. The van der Waals surface area contributed by atoms with Crippen molar-refractivity contribution in [2.45, 2.75) is 26.8 Å².